The van der Waals surface area contributed by atoms with Crippen LogP contribution in [0.3, 0.4) is 0 Å². The first-order valence-corrected chi connectivity index (χ1v) is 6.73. The molecule has 0 radical (unpaired) electrons. The Bertz CT molecular complexity index is 599. The number of anilines is 1. The molecular weight excluding hydrogens is 286 g/mol. The molecule has 2 rings (SSSR count). The number of hydrogen-bond acceptors (Lipinski definition) is 5. The molecule has 100 valence electrons. The SMILES string of the molecule is CC(C)(Nc1ncc(C(=O)O)cc1Cl)c1nccs1. The summed E-state index contributed by atoms with van der Waals surface area (Å²) in [4.78, 5) is 19.1. The summed E-state index contributed by atoms with van der Waals surface area (Å²) in [7, 11) is 0. The Morgan fingerprint density at radius 3 is 2.74 bits per heavy atom. The van der Waals surface area contributed by atoms with E-state index in [2.05, 4.69) is 15.3 Å². The molecular formula is C12H12ClN3O2S. The summed E-state index contributed by atoms with van der Waals surface area (Å²) in [6.45, 7) is 3.91. The number of halogens is 1. The van der Waals surface area contributed by atoms with Gasteiger partial charge in [-0.3, -0.25) is 0 Å². The lowest BCUT2D eigenvalue weighted by Gasteiger charge is -2.25. The third-order valence-electron chi connectivity index (χ3n) is 2.49. The molecule has 0 atom stereocenters. The van der Waals surface area contributed by atoms with E-state index in [0.717, 1.165) is 5.01 Å². The highest BCUT2D eigenvalue weighted by atomic mass is 35.5. The number of aromatic nitrogens is 2. The summed E-state index contributed by atoms with van der Waals surface area (Å²) in [6, 6.07) is 1.37. The summed E-state index contributed by atoms with van der Waals surface area (Å²) >= 11 is 7.56. The third kappa shape index (κ3) is 3.02. The lowest BCUT2D eigenvalue weighted by atomic mass is 10.1. The fraction of sp³-hybridized carbons (Fsp3) is 0.250. The second kappa shape index (κ2) is 5.14. The smallest absolute Gasteiger partial charge is 0.337 e. The number of rotatable bonds is 4. The van der Waals surface area contributed by atoms with Crippen LogP contribution in [0.15, 0.2) is 23.8 Å². The number of nitrogens with zero attached hydrogens (tertiary/aromatic N) is 2. The molecule has 0 fully saturated rings. The van der Waals surface area contributed by atoms with Gasteiger partial charge >= 0.3 is 5.97 Å². The van der Waals surface area contributed by atoms with Crippen molar-refractivity contribution in [1.82, 2.24) is 9.97 Å². The molecule has 0 unspecified atom stereocenters. The van der Waals surface area contributed by atoms with Gasteiger partial charge in [0.15, 0.2) is 0 Å². The Morgan fingerprint density at radius 1 is 1.47 bits per heavy atom. The Labute approximate surface area is 119 Å². The van der Waals surface area contributed by atoms with E-state index in [-0.39, 0.29) is 10.6 Å². The largest absolute Gasteiger partial charge is 0.478 e. The predicted octanol–water partition coefficient (Wildman–Crippen LogP) is 3.24. The van der Waals surface area contributed by atoms with E-state index < -0.39 is 11.5 Å². The van der Waals surface area contributed by atoms with E-state index in [9.17, 15) is 4.79 Å². The molecule has 7 heteroatoms. The fourth-order valence-electron chi connectivity index (χ4n) is 1.53. The lowest BCUT2D eigenvalue weighted by Crippen LogP contribution is -2.28. The van der Waals surface area contributed by atoms with Crippen molar-refractivity contribution in [1.29, 1.82) is 0 Å². The molecule has 0 aliphatic carbocycles. The van der Waals surface area contributed by atoms with Gasteiger partial charge in [0.25, 0.3) is 0 Å². The van der Waals surface area contributed by atoms with Crippen LogP contribution in [0.5, 0.6) is 0 Å². The van der Waals surface area contributed by atoms with Gasteiger partial charge in [0.1, 0.15) is 10.8 Å². The first kappa shape index (κ1) is 13.8. The van der Waals surface area contributed by atoms with Crippen molar-refractivity contribution in [3.63, 3.8) is 0 Å². The Kier molecular flexibility index (Phi) is 3.73. The molecule has 0 saturated carbocycles. The highest BCUT2D eigenvalue weighted by molar-refractivity contribution is 7.09. The maximum atomic E-state index is 10.8. The van der Waals surface area contributed by atoms with E-state index in [0.29, 0.717) is 5.82 Å². The molecule has 0 aromatic carbocycles. The van der Waals surface area contributed by atoms with E-state index >= 15 is 0 Å². The summed E-state index contributed by atoms with van der Waals surface area (Å²) < 4.78 is 0. The van der Waals surface area contributed by atoms with Gasteiger partial charge in [-0.15, -0.1) is 11.3 Å². The molecule has 19 heavy (non-hydrogen) atoms. The van der Waals surface area contributed by atoms with Gasteiger partial charge in [-0.05, 0) is 19.9 Å². The summed E-state index contributed by atoms with van der Waals surface area (Å²) in [5.74, 6) is -0.619. The normalized spacial score (nSPS) is 11.3. The van der Waals surface area contributed by atoms with Crippen molar-refractivity contribution >= 4 is 34.7 Å². The minimum atomic E-state index is -1.06. The minimum Gasteiger partial charge on any atom is -0.478 e. The number of aromatic carboxylic acids is 1. The van der Waals surface area contributed by atoms with Gasteiger partial charge in [-0.25, -0.2) is 14.8 Å². The Hall–Kier alpha value is -1.66. The van der Waals surface area contributed by atoms with Gasteiger partial charge in [-0.2, -0.15) is 0 Å². The van der Waals surface area contributed by atoms with Crippen LogP contribution >= 0.6 is 22.9 Å². The predicted molar refractivity (Wildman–Crippen MR) is 75.0 cm³/mol. The number of carbonyl (C=O) groups is 1. The van der Waals surface area contributed by atoms with Gasteiger partial charge in [0, 0.05) is 17.8 Å². The standard InChI is InChI=1S/C12H12ClN3O2S/c1-12(2,11-14-3-4-19-11)16-9-8(13)5-7(6-15-9)10(17)18/h3-6H,1-2H3,(H,15,16)(H,17,18). The number of carboxylic acids is 1. The molecule has 2 aromatic heterocycles. The van der Waals surface area contributed by atoms with E-state index in [1.54, 1.807) is 6.20 Å². The zero-order valence-corrected chi connectivity index (χ0v) is 11.9. The maximum absolute atomic E-state index is 10.8. The van der Waals surface area contributed by atoms with E-state index in [1.807, 2.05) is 19.2 Å². The van der Waals surface area contributed by atoms with Crippen LogP contribution in [0.4, 0.5) is 5.82 Å². The van der Waals surface area contributed by atoms with Crippen molar-refractivity contribution in [3.8, 4) is 0 Å². The van der Waals surface area contributed by atoms with Crippen LogP contribution in [0.2, 0.25) is 5.02 Å². The van der Waals surface area contributed by atoms with Crippen molar-refractivity contribution in [2.45, 2.75) is 19.4 Å². The van der Waals surface area contributed by atoms with Crippen LogP contribution in [0, 0.1) is 0 Å². The van der Waals surface area contributed by atoms with Crippen LogP contribution in [-0.4, -0.2) is 21.0 Å². The van der Waals surface area contributed by atoms with E-state index in [1.165, 1.54) is 23.6 Å². The molecule has 5 nitrogen and oxygen atoms in total. The van der Waals surface area contributed by atoms with Crippen LogP contribution in [0.25, 0.3) is 0 Å². The van der Waals surface area contributed by atoms with Gasteiger partial charge in [-0.1, -0.05) is 11.6 Å². The number of nitrogens with one attached hydrogen (secondary N) is 1. The van der Waals surface area contributed by atoms with Crippen molar-refractivity contribution < 1.29 is 9.90 Å². The number of hydrogen-bond donors (Lipinski definition) is 2. The molecule has 0 amide bonds. The highest BCUT2D eigenvalue weighted by Crippen LogP contribution is 2.29. The summed E-state index contributed by atoms with van der Waals surface area (Å²) in [5, 5.41) is 15.1. The fourth-order valence-corrected chi connectivity index (χ4v) is 2.46. The summed E-state index contributed by atoms with van der Waals surface area (Å²) in [6.07, 6.45) is 3.00. The quantitative estimate of drug-likeness (QED) is 0.906. The van der Waals surface area contributed by atoms with Crippen LogP contribution in [-0.2, 0) is 5.54 Å². The zero-order chi connectivity index (χ0) is 14.0. The molecule has 0 bridgehead atoms. The molecule has 0 aliphatic heterocycles. The Morgan fingerprint density at radius 2 is 2.21 bits per heavy atom. The third-order valence-corrected chi connectivity index (χ3v) is 3.87. The monoisotopic (exact) mass is 297 g/mol. The molecule has 2 heterocycles. The molecule has 2 N–H and O–H groups in total. The zero-order valence-electron chi connectivity index (χ0n) is 10.3. The highest BCUT2D eigenvalue weighted by Gasteiger charge is 2.24. The molecule has 0 spiro atoms. The number of carboxylic acid groups (broad SMARTS) is 1. The number of thiazole rings is 1. The van der Waals surface area contributed by atoms with E-state index in [4.69, 9.17) is 16.7 Å². The van der Waals surface area contributed by atoms with Crippen LogP contribution < -0.4 is 5.32 Å². The topological polar surface area (TPSA) is 75.1 Å². The molecule has 2 aromatic rings. The minimum absolute atomic E-state index is 0.0580. The van der Waals surface area contributed by atoms with Crippen molar-refractivity contribution in [3.05, 3.63) is 39.4 Å². The lowest BCUT2D eigenvalue weighted by molar-refractivity contribution is 0.0696. The molecule has 0 saturated heterocycles. The first-order valence-electron chi connectivity index (χ1n) is 5.47. The van der Waals surface area contributed by atoms with Crippen molar-refractivity contribution in [2.75, 3.05) is 5.32 Å². The average molecular weight is 298 g/mol. The second-order valence-electron chi connectivity index (χ2n) is 4.45. The Balaban J connectivity index is 2.27. The van der Waals surface area contributed by atoms with Gasteiger partial charge in [0.2, 0.25) is 0 Å². The van der Waals surface area contributed by atoms with Gasteiger partial charge < -0.3 is 10.4 Å². The van der Waals surface area contributed by atoms with Crippen molar-refractivity contribution in [2.24, 2.45) is 0 Å². The number of pyridine rings is 1. The second-order valence-corrected chi connectivity index (χ2v) is 5.75. The van der Waals surface area contributed by atoms with Gasteiger partial charge in [0.05, 0.1) is 16.1 Å². The molecule has 0 aliphatic rings. The maximum Gasteiger partial charge on any atom is 0.337 e. The van der Waals surface area contributed by atoms with Crippen LogP contribution in [0.1, 0.15) is 29.2 Å². The average Bonchev–Trinajstić information content (AvgIpc) is 2.85. The first-order chi connectivity index (χ1) is 8.90. The summed E-state index contributed by atoms with van der Waals surface area (Å²) in [5.41, 5.74) is -0.377.